The number of hydrogen-bond donors (Lipinski definition) is 0. The number of methoxy groups -OCH3 is 1. The molecule has 0 spiro atoms. The highest BCUT2D eigenvalue weighted by molar-refractivity contribution is 7.17. The van der Waals surface area contributed by atoms with E-state index in [0.29, 0.717) is 26.9 Å². The number of hydrogen-bond acceptors (Lipinski definition) is 6. The number of nitrogens with zero attached hydrogens (tertiary/aromatic N) is 1. The van der Waals surface area contributed by atoms with Crippen molar-refractivity contribution in [1.29, 1.82) is 0 Å². The van der Waals surface area contributed by atoms with E-state index in [1.807, 2.05) is 30.3 Å². The van der Waals surface area contributed by atoms with Gasteiger partial charge in [-0.25, -0.2) is 9.78 Å². The van der Waals surface area contributed by atoms with Crippen LogP contribution in [0.1, 0.15) is 25.7 Å². The summed E-state index contributed by atoms with van der Waals surface area (Å²) in [7, 11) is 1.49. The molecule has 0 N–H and O–H groups in total. The maximum atomic E-state index is 12.4. The van der Waals surface area contributed by atoms with Crippen molar-refractivity contribution >= 4 is 34.7 Å². The summed E-state index contributed by atoms with van der Waals surface area (Å²) in [5, 5.41) is 1.05. The Labute approximate surface area is 165 Å². The molecule has 3 aromatic rings. The van der Waals surface area contributed by atoms with Gasteiger partial charge in [0.2, 0.25) is 0 Å². The molecule has 0 amide bonds. The second-order valence-corrected chi connectivity index (χ2v) is 7.05. The van der Waals surface area contributed by atoms with Gasteiger partial charge in [0, 0.05) is 11.1 Å². The topological polar surface area (TPSA) is 65.5 Å². The number of rotatable bonds is 6. The van der Waals surface area contributed by atoms with Crippen LogP contribution in [-0.2, 0) is 4.74 Å². The van der Waals surface area contributed by atoms with Crippen molar-refractivity contribution in [2.45, 2.75) is 6.92 Å². The van der Waals surface area contributed by atoms with Crippen molar-refractivity contribution in [3.05, 3.63) is 69.7 Å². The second-order valence-electron chi connectivity index (χ2n) is 5.65. The predicted molar refractivity (Wildman–Crippen MR) is 105 cm³/mol. The van der Waals surface area contributed by atoms with Crippen LogP contribution >= 0.6 is 22.9 Å². The van der Waals surface area contributed by atoms with Crippen LogP contribution < -0.4 is 4.74 Å². The lowest BCUT2D eigenvalue weighted by Crippen LogP contribution is -2.14. The molecule has 0 aliphatic heterocycles. The number of Topliss-reactive ketones (excluding diaryl/α,β-unsaturated/α-hetero) is 1. The monoisotopic (exact) mass is 401 g/mol. The van der Waals surface area contributed by atoms with E-state index >= 15 is 0 Å². The highest BCUT2D eigenvalue weighted by atomic mass is 35.5. The van der Waals surface area contributed by atoms with Crippen LogP contribution in [0, 0.1) is 6.92 Å². The van der Waals surface area contributed by atoms with E-state index in [1.54, 1.807) is 19.1 Å². The van der Waals surface area contributed by atoms with Crippen LogP contribution in [0.4, 0.5) is 0 Å². The molecule has 0 atom stereocenters. The van der Waals surface area contributed by atoms with Crippen LogP contribution in [0.5, 0.6) is 5.75 Å². The van der Waals surface area contributed by atoms with E-state index in [2.05, 4.69) is 4.98 Å². The minimum atomic E-state index is -0.569. The van der Waals surface area contributed by atoms with E-state index in [1.165, 1.54) is 24.5 Å². The maximum absolute atomic E-state index is 12.4. The molecular weight excluding hydrogens is 386 g/mol. The molecule has 0 bridgehead atoms. The largest absolute Gasteiger partial charge is 0.495 e. The molecule has 0 aliphatic carbocycles. The van der Waals surface area contributed by atoms with Gasteiger partial charge in [-0.15, -0.1) is 11.3 Å². The molecule has 7 heteroatoms. The van der Waals surface area contributed by atoms with Crippen LogP contribution in [0.25, 0.3) is 10.6 Å². The van der Waals surface area contributed by atoms with Gasteiger partial charge < -0.3 is 9.47 Å². The Balaban J connectivity index is 1.68. The van der Waals surface area contributed by atoms with Crippen LogP contribution in [0.3, 0.4) is 0 Å². The molecule has 0 radical (unpaired) electrons. The fourth-order valence-corrected chi connectivity index (χ4v) is 3.63. The molecule has 0 unspecified atom stereocenters. The molecule has 5 nitrogen and oxygen atoms in total. The summed E-state index contributed by atoms with van der Waals surface area (Å²) in [6, 6.07) is 14.2. The SMILES string of the molecule is COc1ccc(C(=O)COC(=O)c2sc(-c3ccccc3)nc2C)cc1Cl. The number of carbonyl (C=O) groups excluding carboxylic acids is 2. The fourth-order valence-electron chi connectivity index (χ4n) is 2.41. The number of thiazole rings is 1. The minimum Gasteiger partial charge on any atom is -0.495 e. The van der Waals surface area contributed by atoms with Gasteiger partial charge >= 0.3 is 5.97 Å². The maximum Gasteiger partial charge on any atom is 0.350 e. The Bertz CT molecular complexity index is 985. The molecule has 0 saturated heterocycles. The summed E-state index contributed by atoms with van der Waals surface area (Å²) in [4.78, 5) is 29.4. The molecular formula is C20H16ClNO4S. The van der Waals surface area contributed by atoms with E-state index < -0.39 is 5.97 Å². The molecule has 1 heterocycles. The zero-order valence-corrected chi connectivity index (χ0v) is 16.3. The first-order valence-electron chi connectivity index (χ1n) is 8.06. The van der Waals surface area contributed by atoms with Crippen molar-refractivity contribution in [3.63, 3.8) is 0 Å². The summed E-state index contributed by atoms with van der Waals surface area (Å²) >= 11 is 7.26. The number of benzene rings is 2. The van der Waals surface area contributed by atoms with Gasteiger partial charge in [-0.05, 0) is 25.1 Å². The number of carbonyl (C=O) groups is 2. The van der Waals surface area contributed by atoms with Crippen molar-refractivity contribution in [2.24, 2.45) is 0 Å². The van der Waals surface area contributed by atoms with Crippen molar-refractivity contribution in [3.8, 4) is 16.3 Å². The average molecular weight is 402 g/mol. The van der Waals surface area contributed by atoms with Crippen LogP contribution in [-0.4, -0.2) is 30.5 Å². The van der Waals surface area contributed by atoms with Gasteiger partial charge in [-0.1, -0.05) is 41.9 Å². The molecule has 0 fully saturated rings. The third kappa shape index (κ3) is 4.35. The van der Waals surface area contributed by atoms with Crippen LogP contribution in [0.15, 0.2) is 48.5 Å². The van der Waals surface area contributed by atoms with Gasteiger partial charge in [-0.3, -0.25) is 4.79 Å². The molecule has 3 rings (SSSR count). The lowest BCUT2D eigenvalue weighted by atomic mass is 10.1. The number of ketones is 1. The van der Waals surface area contributed by atoms with E-state index in [-0.39, 0.29) is 12.4 Å². The highest BCUT2D eigenvalue weighted by Crippen LogP contribution is 2.28. The summed E-state index contributed by atoms with van der Waals surface area (Å²) < 4.78 is 10.2. The zero-order valence-electron chi connectivity index (χ0n) is 14.7. The van der Waals surface area contributed by atoms with Gasteiger partial charge in [-0.2, -0.15) is 0 Å². The first kappa shape index (κ1) is 19.1. The lowest BCUT2D eigenvalue weighted by Gasteiger charge is -2.06. The second kappa shape index (κ2) is 8.33. The van der Waals surface area contributed by atoms with E-state index in [0.717, 1.165) is 10.6 Å². The Morgan fingerprint density at radius 2 is 1.89 bits per heavy atom. The fraction of sp³-hybridized carbons (Fsp3) is 0.150. The summed E-state index contributed by atoms with van der Waals surface area (Å²) in [5.41, 5.74) is 1.84. The molecule has 2 aromatic carbocycles. The molecule has 27 heavy (non-hydrogen) atoms. The number of esters is 1. The van der Waals surface area contributed by atoms with Crippen molar-refractivity contribution < 1.29 is 19.1 Å². The first-order chi connectivity index (χ1) is 13.0. The molecule has 0 saturated carbocycles. The summed E-state index contributed by atoms with van der Waals surface area (Å²) in [5.74, 6) is -0.447. The Kier molecular flexibility index (Phi) is 5.88. The van der Waals surface area contributed by atoms with Gasteiger partial charge in [0.15, 0.2) is 12.4 Å². The van der Waals surface area contributed by atoms with Crippen molar-refractivity contribution in [1.82, 2.24) is 4.98 Å². The minimum absolute atomic E-state index is 0.320. The van der Waals surface area contributed by atoms with Gasteiger partial charge in [0.25, 0.3) is 0 Å². The number of aromatic nitrogens is 1. The van der Waals surface area contributed by atoms with Gasteiger partial charge in [0.1, 0.15) is 15.6 Å². The Morgan fingerprint density at radius 1 is 1.15 bits per heavy atom. The third-order valence-electron chi connectivity index (χ3n) is 3.81. The standard InChI is InChI=1S/C20H16ClNO4S/c1-12-18(27-19(22-12)13-6-4-3-5-7-13)20(24)26-11-16(23)14-8-9-17(25-2)15(21)10-14/h3-10H,11H2,1-2H3. The first-order valence-corrected chi connectivity index (χ1v) is 9.25. The van der Waals surface area contributed by atoms with Crippen LogP contribution in [0.2, 0.25) is 5.02 Å². The third-order valence-corrected chi connectivity index (χ3v) is 5.29. The van der Waals surface area contributed by atoms with E-state index in [4.69, 9.17) is 21.1 Å². The number of ether oxygens (including phenoxy) is 2. The average Bonchev–Trinajstić information content (AvgIpc) is 3.08. The summed E-state index contributed by atoms with van der Waals surface area (Å²) in [6.45, 7) is 1.37. The highest BCUT2D eigenvalue weighted by Gasteiger charge is 2.19. The quantitative estimate of drug-likeness (QED) is 0.437. The van der Waals surface area contributed by atoms with Crippen molar-refractivity contribution in [2.75, 3.05) is 13.7 Å². The molecule has 138 valence electrons. The Hall–Kier alpha value is -2.70. The number of aryl methyl sites for hydroxylation is 1. The van der Waals surface area contributed by atoms with E-state index in [9.17, 15) is 9.59 Å². The molecule has 1 aromatic heterocycles. The predicted octanol–water partition coefficient (Wildman–Crippen LogP) is 4.82. The smallest absolute Gasteiger partial charge is 0.350 e. The Morgan fingerprint density at radius 3 is 2.56 bits per heavy atom. The zero-order chi connectivity index (χ0) is 19.4. The summed E-state index contributed by atoms with van der Waals surface area (Å²) in [6.07, 6.45) is 0. The number of halogens is 1. The lowest BCUT2D eigenvalue weighted by molar-refractivity contribution is 0.0478. The molecule has 0 aliphatic rings. The van der Waals surface area contributed by atoms with Gasteiger partial charge in [0.05, 0.1) is 17.8 Å². The normalized spacial score (nSPS) is 10.5.